The average molecular weight is 311 g/mol. The molecule has 0 aliphatic carbocycles. The van der Waals surface area contributed by atoms with E-state index in [2.05, 4.69) is 0 Å². The number of sulfonamides is 1. The highest BCUT2D eigenvalue weighted by Crippen LogP contribution is 2.25. The summed E-state index contributed by atoms with van der Waals surface area (Å²) < 4.78 is 60.7. The zero-order valence-electron chi connectivity index (χ0n) is 10.3. The van der Waals surface area contributed by atoms with Gasteiger partial charge in [0.05, 0.1) is 5.69 Å². The Morgan fingerprint density at radius 1 is 1.35 bits per heavy atom. The van der Waals surface area contributed by atoms with E-state index in [1.165, 1.54) is 0 Å². The van der Waals surface area contributed by atoms with Gasteiger partial charge in [-0.1, -0.05) is 0 Å². The summed E-state index contributed by atoms with van der Waals surface area (Å²) in [5.74, 6) is -0.829. The molecular formula is C10H12F3N3O3S. The van der Waals surface area contributed by atoms with Crippen molar-refractivity contribution >= 4 is 21.6 Å². The van der Waals surface area contributed by atoms with Gasteiger partial charge in [0.15, 0.2) is 0 Å². The highest BCUT2D eigenvalue weighted by atomic mass is 32.2. The average Bonchev–Trinajstić information content (AvgIpc) is 2.25. The van der Waals surface area contributed by atoms with Gasteiger partial charge in [0.2, 0.25) is 15.9 Å². The van der Waals surface area contributed by atoms with Crippen LogP contribution in [0, 0.1) is 0 Å². The minimum absolute atomic E-state index is 0.0417. The molecule has 10 heteroatoms. The summed E-state index contributed by atoms with van der Waals surface area (Å²) in [5, 5.41) is 0. The zero-order valence-corrected chi connectivity index (χ0v) is 11.1. The molecule has 0 saturated carbocycles. The second-order valence-electron chi connectivity index (χ2n) is 3.99. The van der Waals surface area contributed by atoms with Gasteiger partial charge in [0.25, 0.3) is 0 Å². The summed E-state index contributed by atoms with van der Waals surface area (Å²) in [5.41, 5.74) is 10.0. The number of hydrogen-bond acceptors (Lipinski definition) is 4. The first-order valence-corrected chi connectivity index (χ1v) is 6.61. The lowest BCUT2D eigenvalue weighted by Crippen LogP contribution is -2.36. The zero-order chi connectivity index (χ0) is 15.7. The van der Waals surface area contributed by atoms with Crippen LogP contribution in [0.5, 0.6) is 0 Å². The second-order valence-corrected chi connectivity index (χ2v) is 6.01. The summed E-state index contributed by atoms with van der Waals surface area (Å²) in [6.07, 6.45) is -4.68. The summed E-state index contributed by atoms with van der Waals surface area (Å²) >= 11 is 0. The van der Waals surface area contributed by atoms with E-state index in [0.717, 1.165) is 25.2 Å². The molecule has 0 aliphatic heterocycles. The predicted molar refractivity (Wildman–Crippen MR) is 65.2 cm³/mol. The molecule has 0 aliphatic rings. The Bertz CT molecular complexity index is 628. The molecule has 0 saturated heterocycles. The fourth-order valence-electron chi connectivity index (χ4n) is 1.44. The molecule has 0 heterocycles. The molecule has 0 atom stereocenters. The van der Waals surface area contributed by atoms with Gasteiger partial charge in [-0.2, -0.15) is 17.5 Å². The van der Waals surface area contributed by atoms with E-state index >= 15 is 0 Å². The van der Waals surface area contributed by atoms with Crippen LogP contribution in [0.3, 0.4) is 0 Å². The number of nitrogens with two attached hydrogens (primary N) is 2. The van der Waals surface area contributed by atoms with Gasteiger partial charge in [-0.15, -0.1) is 0 Å². The number of primary amides is 1. The Morgan fingerprint density at radius 2 is 1.90 bits per heavy atom. The van der Waals surface area contributed by atoms with E-state index in [4.69, 9.17) is 11.5 Å². The number of rotatable bonds is 4. The second kappa shape index (κ2) is 5.29. The minimum Gasteiger partial charge on any atom is -0.398 e. The van der Waals surface area contributed by atoms with Gasteiger partial charge in [-0.05, 0) is 18.2 Å². The molecule has 1 rings (SSSR count). The molecule has 4 N–H and O–H groups in total. The monoisotopic (exact) mass is 311 g/mol. The molecule has 0 fully saturated rings. The molecule has 1 aromatic carbocycles. The Balaban J connectivity index is 3.20. The number of carbonyl (C=O) groups excluding carboxylic acids is 1. The Hall–Kier alpha value is -1.81. The van der Waals surface area contributed by atoms with Crippen molar-refractivity contribution in [1.29, 1.82) is 0 Å². The number of alkyl halides is 3. The van der Waals surface area contributed by atoms with Crippen molar-refractivity contribution in [3.8, 4) is 0 Å². The van der Waals surface area contributed by atoms with Crippen molar-refractivity contribution in [3.05, 3.63) is 23.8 Å². The number of hydrogen-bond donors (Lipinski definition) is 2. The lowest BCUT2D eigenvalue weighted by Gasteiger charge is -2.19. The third-order valence-electron chi connectivity index (χ3n) is 2.38. The highest BCUT2D eigenvalue weighted by Gasteiger charge is 2.35. The van der Waals surface area contributed by atoms with E-state index in [9.17, 15) is 26.4 Å². The third kappa shape index (κ3) is 3.61. The lowest BCUT2D eigenvalue weighted by molar-refractivity contribution is -0.134. The Labute approximate surface area is 113 Å². The smallest absolute Gasteiger partial charge is 0.398 e. The summed E-state index contributed by atoms with van der Waals surface area (Å²) in [6, 6.07) is 3.02. The third-order valence-corrected chi connectivity index (χ3v) is 4.26. The van der Waals surface area contributed by atoms with Crippen LogP contribution in [0.25, 0.3) is 0 Å². The van der Waals surface area contributed by atoms with Gasteiger partial charge in [0, 0.05) is 12.6 Å². The molecule has 1 amide bonds. The Morgan fingerprint density at radius 3 is 2.30 bits per heavy atom. The van der Waals surface area contributed by atoms with E-state index in [0.29, 0.717) is 0 Å². The van der Waals surface area contributed by atoms with Crippen LogP contribution < -0.4 is 11.5 Å². The quantitative estimate of drug-likeness (QED) is 0.792. The molecule has 0 radical (unpaired) electrons. The first-order chi connectivity index (χ1) is 8.95. The lowest BCUT2D eigenvalue weighted by atomic mass is 10.2. The Kier molecular flexibility index (Phi) is 4.30. The van der Waals surface area contributed by atoms with Gasteiger partial charge in [-0.25, -0.2) is 8.42 Å². The fourth-order valence-corrected chi connectivity index (χ4v) is 2.69. The van der Waals surface area contributed by atoms with Crippen molar-refractivity contribution < 1.29 is 26.4 Å². The van der Waals surface area contributed by atoms with Crippen LogP contribution in [0.1, 0.15) is 10.4 Å². The van der Waals surface area contributed by atoms with Crippen LogP contribution in [-0.4, -0.2) is 38.4 Å². The number of amides is 1. The van der Waals surface area contributed by atoms with Crippen LogP contribution in [0.4, 0.5) is 18.9 Å². The highest BCUT2D eigenvalue weighted by molar-refractivity contribution is 7.89. The van der Waals surface area contributed by atoms with E-state index in [1.54, 1.807) is 0 Å². The maximum absolute atomic E-state index is 12.2. The van der Waals surface area contributed by atoms with Crippen molar-refractivity contribution in [2.24, 2.45) is 5.73 Å². The van der Waals surface area contributed by atoms with E-state index in [-0.39, 0.29) is 15.6 Å². The van der Waals surface area contributed by atoms with Gasteiger partial charge in [0.1, 0.15) is 11.4 Å². The van der Waals surface area contributed by atoms with Gasteiger partial charge >= 0.3 is 6.18 Å². The molecule has 1 aromatic rings. The van der Waals surface area contributed by atoms with Crippen LogP contribution in [-0.2, 0) is 10.0 Å². The number of nitrogen functional groups attached to an aromatic ring is 1. The van der Waals surface area contributed by atoms with Crippen molar-refractivity contribution in [2.75, 3.05) is 19.3 Å². The molecular weight excluding hydrogens is 299 g/mol. The van der Waals surface area contributed by atoms with E-state index < -0.39 is 33.5 Å². The predicted octanol–water partition coefficient (Wildman–Crippen LogP) is 0.551. The number of anilines is 1. The summed E-state index contributed by atoms with van der Waals surface area (Å²) in [4.78, 5) is 10.4. The molecule has 0 aromatic heterocycles. The first-order valence-electron chi connectivity index (χ1n) is 5.17. The normalized spacial score (nSPS) is 12.7. The SMILES string of the molecule is CN(CC(F)(F)F)S(=O)(=O)c1ccc(C(N)=O)cc1N. The minimum atomic E-state index is -4.68. The summed E-state index contributed by atoms with van der Waals surface area (Å²) in [6.45, 7) is -1.65. The largest absolute Gasteiger partial charge is 0.402 e. The molecule has 0 spiro atoms. The summed E-state index contributed by atoms with van der Waals surface area (Å²) in [7, 11) is -3.63. The molecule has 20 heavy (non-hydrogen) atoms. The van der Waals surface area contributed by atoms with Crippen molar-refractivity contribution in [1.82, 2.24) is 4.31 Å². The molecule has 6 nitrogen and oxygen atoms in total. The van der Waals surface area contributed by atoms with Gasteiger partial charge < -0.3 is 11.5 Å². The maximum Gasteiger partial charge on any atom is 0.402 e. The van der Waals surface area contributed by atoms with Crippen LogP contribution >= 0.6 is 0 Å². The first kappa shape index (κ1) is 16.2. The topological polar surface area (TPSA) is 106 Å². The molecule has 0 bridgehead atoms. The standard InChI is InChI=1S/C10H12F3N3O3S/c1-16(5-10(11,12)13)20(18,19)8-3-2-6(9(15)17)4-7(8)14/h2-4H,5,14H2,1H3,(H2,15,17). The van der Waals surface area contributed by atoms with Crippen LogP contribution in [0.2, 0.25) is 0 Å². The number of benzene rings is 1. The van der Waals surface area contributed by atoms with E-state index in [1.807, 2.05) is 0 Å². The molecule has 112 valence electrons. The number of carbonyl (C=O) groups is 1. The van der Waals surface area contributed by atoms with Crippen LogP contribution in [0.15, 0.2) is 23.1 Å². The maximum atomic E-state index is 12.2. The van der Waals surface area contributed by atoms with Crippen molar-refractivity contribution in [2.45, 2.75) is 11.1 Å². The number of halogens is 3. The van der Waals surface area contributed by atoms with Gasteiger partial charge in [-0.3, -0.25) is 4.79 Å². The fraction of sp³-hybridized carbons (Fsp3) is 0.300. The number of nitrogens with zero attached hydrogens (tertiary/aromatic N) is 1. The van der Waals surface area contributed by atoms with Crippen molar-refractivity contribution in [3.63, 3.8) is 0 Å². The molecule has 0 unspecified atom stereocenters.